The lowest BCUT2D eigenvalue weighted by Gasteiger charge is -2.26. The summed E-state index contributed by atoms with van der Waals surface area (Å²) in [5, 5.41) is 3.62. The van der Waals surface area contributed by atoms with Gasteiger partial charge in [0.15, 0.2) is 0 Å². The van der Waals surface area contributed by atoms with Crippen molar-refractivity contribution >= 4 is 21.7 Å². The van der Waals surface area contributed by atoms with E-state index in [1.165, 1.54) is 43.5 Å². The number of hydrogen-bond donors (Lipinski definition) is 1. The average molecular weight is 352 g/mol. The minimum Gasteiger partial charge on any atom is -0.356 e. The van der Waals surface area contributed by atoms with Crippen LogP contribution in [-0.2, 0) is 6.54 Å². The maximum atomic E-state index is 4.73. The normalized spacial score (nSPS) is 22.1. The van der Waals surface area contributed by atoms with Crippen molar-refractivity contribution in [3.8, 4) is 0 Å². The molecule has 1 saturated carbocycles. The molecule has 1 aromatic heterocycles. The Hall–Kier alpha value is -0.610. The molecule has 0 bridgehead atoms. The molecular formula is C17H26BrN3. The van der Waals surface area contributed by atoms with Crippen LogP contribution in [-0.4, -0.2) is 24.1 Å². The van der Waals surface area contributed by atoms with Gasteiger partial charge < -0.3 is 10.2 Å². The molecule has 1 saturated heterocycles. The molecule has 0 radical (unpaired) electrons. The van der Waals surface area contributed by atoms with E-state index in [0.717, 1.165) is 30.1 Å². The molecule has 4 heteroatoms. The van der Waals surface area contributed by atoms with Crippen LogP contribution in [0, 0.1) is 5.41 Å². The van der Waals surface area contributed by atoms with Crippen molar-refractivity contribution in [3.05, 3.63) is 22.3 Å². The lowest BCUT2D eigenvalue weighted by molar-refractivity contribution is 0.325. The SMILES string of the molecule is CC1(C)CCCN(c2ncc(Br)cc2CNC2CC2)CC1. The molecule has 0 spiro atoms. The molecule has 21 heavy (non-hydrogen) atoms. The molecule has 1 N–H and O–H groups in total. The van der Waals surface area contributed by atoms with Crippen LogP contribution < -0.4 is 10.2 Å². The molecule has 1 aliphatic carbocycles. The minimum absolute atomic E-state index is 0.469. The number of rotatable bonds is 4. The zero-order chi connectivity index (χ0) is 14.9. The highest BCUT2D eigenvalue weighted by Crippen LogP contribution is 2.32. The first-order valence-corrected chi connectivity index (χ1v) is 8.96. The van der Waals surface area contributed by atoms with Gasteiger partial charge in [0.2, 0.25) is 0 Å². The van der Waals surface area contributed by atoms with Crippen molar-refractivity contribution in [2.45, 2.75) is 58.5 Å². The molecule has 0 aromatic carbocycles. The first kappa shape index (κ1) is 15.3. The van der Waals surface area contributed by atoms with Gasteiger partial charge in [-0.15, -0.1) is 0 Å². The van der Waals surface area contributed by atoms with E-state index < -0.39 is 0 Å². The van der Waals surface area contributed by atoms with E-state index in [2.05, 4.69) is 46.1 Å². The van der Waals surface area contributed by atoms with Gasteiger partial charge in [-0.2, -0.15) is 0 Å². The molecule has 116 valence electrons. The molecular weight excluding hydrogens is 326 g/mol. The van der Waals surface area contributed by atoms with Crippen LogP contribution in [0.4, 0.5) is 5.82 Å². The highest BCUT2D eigenvalue weighted by atomic mass is 79.9. The average Bonchev–Trinajstić information content (AvgIpc) is 3.25. The predicted octanol–water partition coefficient (Wildman–Crippen LogP) is 4.11. The van der Waals surface area contributed by atoms with Gasteiger partial charge in [0.25, 0.3) is 0 Å². The van der Waals surface area contributed by atoms with Crippen molar-refractivity contribution in [2.75, 3.05) is 18.0 Å². The topological polar surface area (TPSA) is 28.2 Å². The summed E-state index contributed by atoms with van der Waals surface area (Å²) in [6, 6.07) is 2.97. The van der Waals surface area contributed by atoms with E-state index in [0.29, 0.717) is 5.41 Å². The summed E-state index contributed by atoms with van der Waals surface area (Å²) >= 11 is 3.57. The van der Waals surface area contributed by atoms with Crippen molar-refractivity contribution in [2.24, 2.45) is 5.41 Å². The van der Waals surface area contributed by atoms with E-state index in [1.54, 1.807) is 0 Å². The zero-order valence-corrected chi connectivity index (χ0v) is 14.7. The molecule has 3 nitrogen and oxygen atoms in total. The van der Waals surface area contributed by atoms with Gasteiger partial charge in [-0.1, -0.05) is 13.8 Å². The second-order valence-electron chi connectivity index (χ2n) is 7.30. The summed E-state index contributed by atoms with van der Waals surface area (Å²) in [7, 11) is 0. The van der Waals surface area contributed by atoms with Crippen LogP contribution in [0.2, 0.25) is 0 Å². The Kier molecular flexibility index (Phi) is 4.55. The van der Waals surface area contributed by atoms with Gasteiger partial charge in [0, 0.05) is 41.9 Å². The van der Waals surface area contributed by atoms with Crippen molar-refractivity contribution in [1.29, 1.82) is 0 Å². The van der Waals surface area contributed by atoms with E-state index in [4.69, 9.17) is 4.98 Å². The van der Waals surface area contributed by atoms with E-state index in [1.807, 2.05) is 6.20 Å². The minimum atomic E-state index is 0.469. The second-order valence-corrected chi connectivity index (χ2v) is 8.21. The predicted molar refractivity (Wildman–Crippen MR) is 91.6 cm³/mol. The van der Waals surface area contributed by atoms with Gasteiger partial charge in [0.05, 0.1) is 0 Å². The van der Waals surface area contributed by atoms with Gasteiger partial charge in [-0.25, -0.2) is 4.98 Å². The summed E-state index contributed by atoms with van der Waals surface area (Å²) in [5.74, 6) is 1.18. The van der Waals surface area contributed by atoms with Gasteiger partial charge in [0.1, 0.15) is 5.82 Å². The Balaban J connectivity index is 1.76. The smallest absolute Gasteiger partial charge is 0.133 e. The molecule has 0 amide bonds. The van der Waals surface area contributed by atoms with Crippen LogP contribution in [0.1, 0.15) is 51.5 Å². The Labute approximate surface area is 136 Å². The highest BCUT2D eigenvalue weighted by molar-refractivity contribution is 9.10. The maximum Gasteiger partial charge on any atom is 0.133 e. The molecule has 2 fully saturated rings. The summed E-state index contributed by atoms with van der Waals surface area (Å²) < 4.78 is 1.08. The van der Waals surface area contributed by atoms with Crippen molar-refractivity contribution < 1.29 is 0 Å². The van der Waals surface area contributed by atoms with Gasteiger partial charge >= 0.3 is 0 Å². The Morgan fingerprint density at radius 2 is 2.14 bits per heavy atom. The molecule has 2 heterocycles. The molecule has 1 aromatic rings. The molecule has 0 atom stereocenters. The van der Waals surface area contributed by atoms with Crippen molar-refractivity contribution in [1.82, 2.24) is 10.3 Å². The molecule has 2 aliphatic rings. The third-order valence-corrected chi connectivity index (χ3v) is 5.14. The second kappa shape index (κ2) is 6.25. The standard InChI is InChI=1S/C17H26BrN3/c1-17(2)6-3-8-21(9-7-17)16-13(10-14(18)12-20-16)11-19-15-4-5-15/h10,12,15,19H,3-9,11H2,1-2H3. The monoisotopic (exact) mass is 351 g/mol. The van der Waals surface area contributed by atoms with E-state index >= 15 is 0 Å². The number of nitrogens with zero attached hydrogens (tertiary/aromatic N) is 2. The largest absolute Gasteiger partial charge is 0.356 e. The number of halogens is 1. The first-order valence-electron chi connectivity index (χ1n) is 8.16. The lowest BCUT2D eigenvalue weighted by Crippen LogP contribution is -2.28. The number of pyridine rings is 1. The highest BCUT2D eigenvalue weighted by Gasteiger charge is 2.25. The fourth-order valence-electron chi connectivity index (χ4n) is 3.07. The van der Waals surface area contributed by atoms with Gasteiger partial charge in [-0.3, -0.25) is 0 Å². The van der Waals surface area contributed by atoms with Crippen LogP contribution in [0.25, 0.3) is 0 Å². The molecule has 0 unspecified atom stereocenters. The number of hydrogen-bond acceptors (Lipinski definition) is 3. The summed E-state index contributed by atoms with van der Waals surface area (Å²) in [6.45, 7) is 7.97. The van der Waals surface area contributed by atoms with E-state index in [-0.39, 0.29) is 0 Å². The maximum absolute atomic E-state index is 4.73. The number of aromatic nitrogens is 1. The lowest BCUT2D eigenvalue weighted by atomic mass is 9.85. The number of nitrogens with one attached hydrogen (secondary N) is 1. The fraction of sp³-hybridized carbons (Fsp3) is 0.706. The van der Waals surface area contributed by atoms with Crippen molar-refractivity contribution in [3.63, 3.8) is 0 Å². The van der Waals surface area contributed by atoms with Crippen LogP contribution in [0.15, 0.2) is 16.7 Å². The Morgan fingerprint density at radius 3 is 2.90 bits per heavy atom. The Bertz CT molecular complexity index is 497. The quantitative estimate of drug-likeness (QED) is 0.884. The summed E-state index contributed by atoms with van der Waals surface area (Å²) in [4.78, 5) is 7.22. The zero-order valence-electron chi connectivity index (χ0n) is 13.2. The summed E-state index contributed by atoms with van der Waals surface area (Å²) in [5.41, 5.74) is 1.80. The fourth-order valence-corrected chi connectivity index (χ4v) is 3.44. The first-order chi connectivity index (χ1) is 10.0. The Morgan fingerprint density at radius 1 is 1.33 bits per heavy atom. The van der Waals surface area contributed by atoms with E-state index in [9.17, 15) is 0 Å². The summed E-state index contributed by atoms with van der Waals surface area (Å²) in [6.07, 6.45) is 8.42. The number of anilines is 1. The van der Waals surface area contributed by atoms with Crippen LogP contribution in [0.5, 0.6) is 0 Å². The van der Waals surface area contributed by atoms with Crippen LogP contribution in [0.3, 0.4) is 0 Å². The molecule has 3 rings (SSSR count). The third kappa shape index (κ3) is 4.19. The third-order valence-electron chi connectivity index (χ3n) is 4.71. The van der Waals surface area contributed by atoms with Gasteiger partial charge in [-0.05, 0) is 59.5 Å². The van der Waals surface area contributed by atoms with Crippen LogP contribution >= 0.6 is 15.9 Å². The molecule has 1 aliphatic heterocycles.